The third kappa shape index (κ3) is 3.77. The molecule has 0 unspecified atom stereocenters. The molecule has 0 amide bonds. The van der Waals surface area contributed by atoms with Crippen LogP contribution in [0.1, 0.15) is 0 Å². The predicted molar refractivity (Wildman–Crippen MR) is 174 cm³/mol. The molecule has 0 aliphatic rings. The first-order chi connectivity index (χ1) is 19.8. The van der Waals surface area contributed by atoms with E-state index in [2.05, 4.69) is 157 Å². The van der Waals surface area contributed by atoms with Crippen molar-refractivity contribution in [3.63, 3.8) is 0 Å². The Kier molecular flexibility index (Phi) is 5.55. The van der Waals surface area contributed by atoms with Crippen LogP contribution in [0.5, 0.6) is 0 Å². The van der Waals surface area contributed by atoms with Crippen molar-refractivity contribution in [3.8, 4) is 11.1 Å². The minimum absolute atomic E-state index is 0.286. The standard InChI is InChI=1S/C38H25NSe/c1-3-11-26(12-4-1)31-15-7-9-17-35(31)39(29-13-5-2-6-14-29)30-23-21-27-19-20-28-22-24-33-32-16-8-10-18-36(32)40-38(33)37(28)34(27)25-30/h1-25H. The average molecular weight is 575 g/mol. The van der Waals surface area contributed by atoms with Crippen LogP contribution in [0.15, 0.2) is 152 Å². The van der Waals surface area contributed by atoms with Crippen molar-refractivity contribution in [1.82, 2.24) is 0 Å². The fourth-order valence-electron chi connectivity index (χ4n) is 5.98. The Hall–Kier alpha value is -4.62. The molecule has 0 saturated heterocycles. The van der Waals surface area contributed by atoms with Crippen LogP contribution in [0.2, 0.25) is 0 Å². The minimum atomic E-state index is 0.286. The molecule has 1 nitrogen and oxygen atoms in total. The van der Waals surface area contributed by atoms with Crippen LogP contribution in [-0.2, 0) is 0 Å². The zero-order chi connectivity index (χ0) is 26.5. The molecule has 8 aromatic rings. The number of nitrogens with zero attached hydrogens (tertiary/aromatic N) is 1. The molecule has 188 valence electrons. The van der Waals surface area contributed by atoms with Gasteiger partial charge in [0.15, 0.2) is 0 Å². The summed E-state index contributed by atoms with van der Waals surface area (Å²) in [5, 5.41) is 8.11. The third-order valence-electron chi connectivity index (χ3n) is 7.83. The normalized spacial score (nSPS) is 11.5. The Morgan fingerprint density at radius 3 is 2.00 bits per heavy atom. The molecule has 0 aliphatic heterocycles. The Morgan fingerprint density at radius 1 is 0.450 bits per heavy atom. The van der Waals surface area contributed by atoms with Gasteiger partial charge in [-0.25, -0.2) is 0 Å². The van der Waals surface area contributed by atoms with Gasteiger partial charge < -0.3 is 0 Å². The summed E-state index contributed by atoms with van der Waals surface area (Å²) in [6, 6.07) is 55.2. The van der Waals surface area contributed by atoms with E-state index in [1.54, 1.807) is 0 Å². The second kappa shape index (κ2) is 9.54. The number of fused-ring (bicyclic) bond motifs is 7. The number of hydrogen-bond acceptors (Lipinski definition) is 1. The fraction of sp³-hybridized carbons (Fsp3) is 0. The average Bonchev–Trinajstić information content (AvgIpc) is 3.41. The summed E-state index contributed by atoms with van der Waals surface area (Å²) in [5.41, 5.74) is 5.90. The van der Waals surface area contributed by atoms with E-state index in [1.807, 2.05) is 0 Å². The number of benzene rings is 7. The Morgan fingerprint density at radius 2 is 1.12 bits per heavy atom. The first-order valence-corrected chi connectivity index (χ1v) is 15.3. The summed E-state index contributed by atoms with van der Waals surface area (Å²) in [5.74, 6) is 0. The van der Waals surface area contributed by atoms with E-state index < -0.39 is 0 Å². The van der Waals surface area contributed by atoms with Crippen LogP contribution in [0.25, 0.3) is 52.0 Å². The molecule has 0 spiro atoms. The van der Waals surface area contributed by atoms with Crippen molar-refractivity contribution in [3.05, 3.63) is 152 Å². The molecule has 2 heteroatoms. The number of para-hydroxylation sites is 2. The van der Waals surface area contributed by atoms with Crippen LogP contribution >= 0.6 is 0 Å². The quantitative estimate of drug-likeness (QED) is 0.149. The van der Waals surface area contributed by atoms with Crippen LogP contribution in [-0.4, -0.2) is 14.5 Å². The summed E-state index contributed by atoms with van der Waals surface area (Å²) in [6.07, 6.45) is 0. The number of anilines is 3. The maximum atomic E-state index is 2.41. The second-order valence-corrected chi connectivity index (χ2v) is 12.4. The predicted octanol–water partition coefficient (Wildman–Crippen LogP) is 10.5. The first-order valence-electron chi connectivity index (χ1n) is 13.6. The fourth-order valence-corrected chi connectivity index (χ4v) is 8.65. The Balaban J connectivity index is 1.43. The summed E-state index contributed by atoms with van der Waals surface area (Å²) in [4.78, 5) is 2.41. The Bertz CT molecular complexity index is 2160. The van der Waals surface area contributed by atoms with Crippen LogP contribution < -0.4 is 4.90 Å². The topological polar surface area (TPSA) is 3.24 Å². The van der Waals surface area contributed by atoms with Gasteiger partial charge in [0, 0.05) is 0 Å². The Labute approximate surface area is 239 Å². The molecule has 0 radical (unpaired) electrons. The molecule has 7 aromatic carbocycles. The summed E-state index contributed by atoms with van der Waals surface area (Å²) < 4.78 is 2.98. The van der Waals surface area contributed by atoms with Crippen molar-refractivity contribution in [2.24, 2.45) is 0 Å². The van der Waals surface area contributed by atoms with Gasteiger partial charge in [0.25, 0.3) is 0 Å². The van der Waals surface area contributed by atoms with Gasteiger partial charge >= 0.3 is 240 Å². The van der Waals surface area contributed by atoms with Crippen LogP contribution in [0, 0.1) is 0 Å². The molecule has 0 N–H and O–H groups in total. The first kappa shape index (κ1) is 23.3. The number of hydrogen-bond donors (Lipinski definition) is 0. The van der Waals surface area contributed by atoms with Crippen LogP contribution in [0.3, 0.4) is 0 Å². The van der Waals surface area contributed by atoms with E-state index >= 15 is 0 Å². The van der Waals surface area contributed by atoms with Crippen molar-refractivity contribution < 1.29 is 0 Å². The monoisotopic (exact) mass is 575 g/mol. The molecule has 0 aliphatic carbocycles. The van der Waals surface area contributed by atoms with E-state index in [9.17, 15) is 0 Å². The zero-order valence-electron chi connectivity index (χ0n) is 21.8. The second-order valence-electron chi connectivity index (χ2n) is 10.2. The van der Waals surface area contributed by atoms with Gasteiger partial charge in [0.2, 0.25) is 0 Å². The van der Waals surface area contributed by atoms with E-state index in [4.69, 9.17) is 0 Å². The molecule has 0 bridgehead atoms. The van der Waals surface area contributed by atoms with Gasteiger partial charge in [-0.1, -0.05) is 0 Å². The third-order valence-corrected chi connectivity index (χ3v) is 10.4. The van der Waals surface area contributed by atoms with Crippen LogP contribution in [0.4, 0.5) is 17.1 Å². The van der Waals surface area contributed by atoms with Gasteiger partial charge in [-0.3, -0.25) is 0 Å². The molecular formula is C38H25NSe. The van der Waals surface area contributed by atoms with Crippen molar-refractivity contribution in [2.75, 3.05) is 4.90 Å². The molecule has 0 atom stereocenters. The molecule has 8 rings (SSSR count). The molecular weight excluding hydrogens is 549 g/mol. The van der Waals surface area contributed by atoms with E-state index in [0.717, 1.165) is 11.4 Å². The number of rotatable bonds is 4. The SMILES string of the molecule is c1ccc(-c2ccccc2N(c2ccccc2)c2ccc3ccc4ccc5c6ccccc6[se]c5c4c3c2)cc1. The van der Waals surface area contributed by atoms with Crippen molar-refractivity contribution in [1.29, 1.82) is 0 Å². The summed E-state index contributed by atoms with van der Waals surface area (Å²) >= 11 is 0.286. The maximum absolute atomic E-state index is 2.41. The van der Waals surface area contributed by atoms with E-state index in [1.165, 1.54) is 57.7 Å². The van der Waals surface area contributed by atoms with Crippen molar-refractivity contribution >= 4 is 72.4 Å². The molecule has 40 heavy (non-hydrogen) atoms. The zero-order valence-corrected chi connectivity index (χ0v) is 23.5. The van der Waals surface area contributed by atoms with Crippen molar-refractivity contribution in [2.45, 2.75) is 0 Å². The molecule has 1 heterocycles. The molecule has 0 fully saturated rings. The molecule has 1 aromatic heterocycles. The van der Waals surface area contributed by atoms with Gasteiger partial charge in [0.05, 0.1) is 0 Å². The molecule has 0 saturated carbocycles. The van der Waals surface area contributed by atoms with Gasteiger partial charge in [-0.15, -0.1) is 0 Å². The van der Waals surface area contributed by atoms with E-state index in [0.29, 0.717) is 0 Å². The van der Waals surface area contributed by atoms with Gasteiger partial charge in [-0.2, -0.15) is 0 Å². The van der Waals surface area contributed by atoms with Gasteiger partial charge in [0.1, 0.15) is 0 Å². The van der Waals surface area contributed by atoms with Gasteiger partial charge in [-0.05, 0) is 0 Å². The summed E-state index contributed by atoms with van der Waals surface area (Å²) in [7, 11) is 0. The van der Waals surface area contributed by atoms with E-state index in [-0.39, 0.29) is 14.5 Å². The summed E-state index contributed by atoms with van der Waals surface area (Å²) in [6.45, 7) is 0.